The van der Waals surface area contributed by atoms with Gasteiger partial charge in [0, 0.05) is 0 Å². The monoisotopic (exact) mass is 285 g/mol. The van der Waals surface area contributed by atoms with E-state index in [0.29, 0.717) is 11.5 Å². The first-order valence-corrected chi connectivity index (χ1v) is 7.03. The second-order valence-electron chi connectivity index (χ2n) is 5.40. The van der Waals surface area contributed by atoms with Gasteiger partial charge in [-0.05, 0) is 55.2 Å². The zero-order valence-electron chi connectivity index (χ0n) is 13.4. The van der Waals surface area contributed by atoms with Crippen molar-refractivity contribution in [2.45, 2.75) is 26.8 Å². The highest BCUT2D eigenvalue weighted by atomic mass is 16.5. The maximum Gasteiger partial charge on any atom is 0.161 e. The van der Waals surface area contributed by atoms with Crippen LogP contribution in [0.2, 0.25) is 0 Å². The fourth-order valence-electron chi connectivity index (χ4n) is 2.89. The van der Waals surface area contributed by atoms with E-state index >= 15 is 0 Å². The highest BCUT2D eigenvalue weighted by molar-refractivity contribution is 5.49. The van der Waals surface area contributed by atoms with Crippen molar-refractivity contribution in [3.05, 3.63) is 58.1 Å². The van der Waals surface area contributed by atoms with Crippen molar-refractivity contribution in [1.82, 2.24) is 0 Å². The molecule has 0 aliphatic rings. The third kappa shape index (κ3) is 3.03. The molecule has 112 valence electrons. The number of rotatable bonds is 4. The Morgan fingerprint density at radius 1 is 0.857 bits per heavy atom. The summed E-state index contributed by atoms with van der Waals surface area (Å²) in [6, 6.07) is 10.00. The highest BCUT2D eigenvalue weighted by Crippen LogP contribution is 2.33. The van der Waals surface area contributed by atoms with Crippen LogP contribution in [0.5, 0.6) is 11.5 Å². The van der Waals surface area contributed by atoms with Crippen molar-refractivity contribution < 1.29 is 9.47 Å². The number of benzene rings is 2. The molecule has 0 aliphatic carbocycles. The average Bonchev–Trinajstić information content (AvgIpc) is 2.45. The van der Waals surface area contributed by atoms with E-state index in [0.717, 1.165) is 5.56 Å². The lowest BCUT2D eigenvalue weighted by atomic mass is 9.90. The Hall–Kier alpha value is -2.00. The van der Waals surface area contributed by atoms with Gasteiger partial charge >= 0.3 is 0 Å². The average molecular weight is 285 g/mol. The molecule has 21 heavy (non-hydrogen) atoms. The SMILES string of the molecule is COc1ccc(C(N)c2c(C)cc(C)cc2C)cc1OC. The molecular weight excluding hydrogens is 262 g/mol. The maximum absolute atomic E-state index is 6.49. The van der Waals surface area contributed by atoms with Gasteiger partial charge in [0.1, 0.15) is 0 Å². The standard InChI is InChI=1S/C18H23NO2/c1-11-8-12(2)17(13(3)9-11)18(19)14-6-7-15(20-4)16(10-14)21-5/h6-10,18H,19H2,1-5H3. The fraction of sp³-hybridized carbons (Fsp3) is 0.333. The van der Waals surface area contributed by atoms with E-state index < -0.39 is 0 Å². The van der Waals surface area contributed by atoms with E-state index in [1.807, 2.05) is 18.2 Å². The molecule has 2 rings (SSSR count). The molecule has 0 aromatic heterocycles. The lowest BCUT2D eigenvalue weighted by molar-refractivity contribution is 0.354. The Kier molecular flexibility index (Phi) is 4.53. The summed E-state index contributed by atoms with van der Waals surface area (Å²) in [5.41, 5.74) is 12.4. The van der Waals surface area contributed by atoms with Gasteiger partial charge in [-0.3, -0.25) is 0 Å². The van der Waals surface area contributed by atoms with Gasteiger partial charge in [0.15, 0.2) is 11.5 Å². The molecule has 3 nitrogen and oxygen atoms in total. The van der Waals surface area contributed by atoms with Crippen LogP contribution in [0.25, 0.3) is 0 Å². The van der Waals surface area contributed by atoms with Crippen LogP contribution in [0, 0.1) is 20.8 Å². The van der Waals surface area contributed by atoms with Crippen molar-refractivity contribution in [3.8, 4) is 11.5 Å². The van der Waals surface area contributed by atoms with Gasteiger partial charge in [0.25, 0.3) is 0 Å². The molecule has 2 aromatic carbocycles. The smallest absolute Gasteiger partial charge is 0.161 e. The molecule has 1 unspecified atom stereocenters. The van der Waals surface area contributed by atoms with Crippen LogP contribution in [0.3, 0.4) is 0 Å². The Balaban J connectivity index is 2.47. The molecule has 0 aliphatic heterocycles. The minimum Gasteiger partial charge on any atom is -0.493 e. The van der Waals surface area contributed by atoms with Crippen LogP contribution in [0.1, 0.15) is 33.9 Å². The van der Waals surface area contributed by atoms with Gasteiger partial charge in [0.05, 0.1) is 20.3 Å². The summed E-state index contributed by atoms with van der Waals surface area (Å²) in [5, 5.41) is 0. The van der Waals surface area contributed by atoms with Crippen LogP contribution < -0.4 is 15.2 Å². The first-order valence-electron chi connectivity index (χ1n) is 7.03. The second-order valence-corrected chi connectivity index (χ2v) is 5.40. The van der Waals surface area contributed by atoms with Gasteiger partial charge in [-0.25, -0.2) is 0 Å². The van der Waals surface area contributed by atoms with Crippen LogP contribution in [-0.4, -0.2) is 14.2 Å². The number of hydrogen-bond donors (Lipinski definition) is 1. The number of nitrogens with two attached hydrogens (primary N) is 1. The first kappa shape index (κ1) is 15.4. The lowest BCUT2D eigenvalue weighted by Gasteiger charge is -2.20. The zero-order chi connectivity index (χ0) is 15.6. The Morgan fingerprint density at radius 2 is 1.43 bits per heavy atom. The molecule has 0 saturated carbocycles. The minimum atomic E-state index is -0.176. The summed E-state index contributed by atoms with van der Waals surface area (Å²) in [5.74, 6) is 1.42. The molecule has 0 radical (unpaired) electrons. The summed E-state index contributed by atoms with van der Waals surface area (Å²) in [6.45, 7) is 6.32. The summed E-state index contributed by atoms with van der Waals surface area (Å²) in [7, 11) is 3.27. The maximum atomic E-state index is 6.49. The largest absolute Gasteiger partial charge is 0.493 e. The normalized spacial score (nSPS) is 12.1. The minimum absolute atomic E-state index is 0.176. The van der Waals surface area contributed by atoms with Gasteiger partial charge in [-0.15, -0.1) is 0 Å². The summed E-state index contributed by atoms with van der Waals surface area (Å²) in [4.78, 5) is 0. The van der Waals surface area contributed by atoms with Crippen LogP contribution in [0.4, 0.5) is 0 Å². The predicted molar refractivity (Wildman–Crippen MR) is 86.2 cm³/mol. The molecule has 2 N–H and O–H groups in total. The third-order valence-corrected chi connectivity index (χ3v) is 3.82. The van der Waals surface area contributed by atoms with Gasteiger partial charge in [-0.2, -0.15) is 0 Å². The Bertz CT molecular complexity index is 627. The molecule has 0 bridgehead atoms. The topological polar surface area (TPSA) is 44.5 Å². The van der Waals surface area contributed by atoms with Crippen LogP contribution in [-0.2, 0) is 0 Å². The van der Waals surface area contributed by atoms with E-state index in [-0.39, 0.29) is 6.04 Å². The molecular formula is C18H23NO2. The van der Waals surface area contributed by atoms with Crippen molar-refractivity contribution in [2.24, 2.45) is 5.73 Å². The molecule has 0 saturated heterocycles. The van der Waals surface area contributed by atoms with E-state index in [4.69, 9.17) is 15.2 Å². The van der Waals surface area contributed by atoms with E-state index in [2.05, 4.69) is 32.9 Å². The van der Waals surface area contributed by atoms with E-state index in [9.17, 15) is 0 Å². The van der Waals surface area contributed by atoms with E-state index in [1.165, 1.54) is 22.3 Å². The number of aryl methyl sites for hydroxylation is 3. The number of methoxy groups -OCH3 is 2. The van der Waals surface area contributed by atoms with Crippen LogP contribution in [0.15, 0.2) is 30.3 Å². The number of ether oxygens (including phenoxy) is 2. The summed E-state index contributed by atoms with van der Waals surface area (Å²) in [6.07, 6.45) is 0. The quantitative estimate of drug-likeness (QED) is 0.932. The zero-order valence-corrected chi connectivity index (χ0v) is 13.4. The molecule has 0 amide bonds. The van der Waals surface area contributed by atoms with Gasteiger partial charge in [-0.1, -0.05) is 23.8 Å². The molecule has 0 spiro atoms. The third-order valence-electron chi connectivity index (χ3n) is 3.82. The van der Waals surface area contributed by atoms with Crippen molar-refractivity contribution in [3.63, 3.8) is 0 Å². The molecule has 2 aromatic rings. The second kappa shape index (κ2) is 6.19. The van der Waals surface area contributed by atoms with Crippen molar-refractivity contribution in [2.75, 3.05) is 14.2 Å². The van der Waals surface area contributed by atoms with Crippen molar-refractivity contribution >= 4 is 0 Å². The Labute approximate surface area is 126 Å². The first-order chi connectivity index (χ1) is 9.97. The number of hydrogen-bond acceptors (Lipinski definition) is 3. The Morgan fingerprint density at radius 3 is 1.95 bits per heavy atom. The molecule has 0 heterocycles. The fourth-order valence-corrected chi connectivity index (χ4v) is 2.89. The van der Waals surface area contributed by atoms with Gasteiger partial charge in [0.2, 0.25) is 0 Å². The molecule has 3 heteroatoms. The summed E-state index contributed by atoms with van der Waals surface area (Å²) >= 11 is 0. The van der Waals surface area contributed by atoms with E-state index in [1.54, 1.807) is 14.2 Å². The van der Waals surface area contributed by atoms with Crippen LogP contribution >= 0.6 is 0 Å². The highest BCUT2D eigenvalue weighted by Gasteiger charge is 2.16. The summed E-state index contributed by atoms with van der Waals surface area (Å²) < 4.78 is 10.6. The molecule has 0 fully saturated rings. The lowest BCUT2D eigenvalue weighted by Crippen LogP contribution is -2.15. The predicted octanol–water partition coefficient (Wildman–Crippen LogP) is 3.68. The van der Waals surface area contributed by atoms with Gasteiger partial charge < -0.3 is 15.2 Å². The van der Waals surface area contributed by atoms with Crippen molar-refractivity contribution in [1.29, 1.82) is 0 Å². The molecule has 1 atom stereocenters.